The number of carboxylic acid groups (broad SMARTS) is 1. The Hall–Kier alpha value is -2.75. The number of hydrogen-bond donors (Lipinski definition) is 2. The molecule has 2 rings (SSSR count). The zero-order valence-electron chi connectivity index (χ0n) is 14.0. The number of urea groups is 1. The lowest BCUT2D eigenvalue weighted by molar-refractivity contribution is -0.146. The van der Waals surface area contributed by atoms with Gasteiger partial charge in [0.05, 0.1) is 28.8 Å². The predicted octanol–water partition coefficient (Wildman–Crippen LogP) is 2.67. The zero-order chi connectivity index (χ0) is 17.9. The van der Waals surface area contributed by atoms with Crippen LogP contribution in [0.5, 0.6) is 5.75 Å². The van der Waals surface area contributed by atoms with E-state index in [1.165, 1.54) is 4.90 Å². The van der Waals surface area contributed by atoms with Crippen LogP contribution in [0, 0.1) is 16.7 Å². The zero-order valence-corrected chi connectivity index (χ0v) is 14.0. The number of benzene rings is 1. The molecule has 1 unspecified atom stereocenters. The second-order valence-corrected chi connectivity index (χ2v) is 6.46. The molecule has 1 aliphatic rings. The van der Waals surface area contributed by atoms with Crippen molar-refractivity contribution >= 4 is 17.7 Å². The number of carbonyl (C=O) groups excluding carboxylic acids is 1. The highest BCUT2D eigenvalue weighted by Crippen LogP contribution is 2.32. The van der Waals surface area contributed by atoms with Gasteiger partial charge in [0.25, 0.3) is 0 Å². The molecule has 1 aromatic rings. The van der Waals surface area contributed by atoms with Gasteiger partial charge in [-0.3, -0.25) is 4.79 Å². The number of carboxylic acids is 1. The summed E-state index contributed by atoms with van der Waals surface area (Å²) in [6.07, 6.45) is 0.319. The summed E-state index contributed by atoms with van der Waals surface area (Å²) >= 11 is 0. The van der Waals surface area contributed by atoms with Gasteiger partial charge in [-0.25, -0.2) is 4.79 Å². The highest BCUT2D eigenvalue weighted by Gasteiger charge is 2.42. The number of nitrogens with zero attached hydrogens (tertiary/aromatic N) is 2. The number of likely N-dealkylation sites (tertiary alicyclic amines) is 1. The Labute approximate surface area is 140 Å². The largest absolute Gasteiger partial charge is 0.489 e. The maximum Gasteiger partial charge on any atom is 0.321 e. The van der Waals surface area contributed by atoms with E-state index >= 15 is 0 Å². The number of nitrogens with one attached hydrogen (secondary N) is 1. The van der Waals surface area contributed by atoms with Crippen LogP contribution >= 0.6 is 0 Å². The molecule has 24 heavy (non-hydrogen) atoms. The maximum atomic E-state index is 12.4. The average Bonchev–Trinajstić information content (AvgIpc) is 2.92. The van der Waals surface area contributed by atoms with E-state index in [0.29, 0.717) is 30.0 Å². The minimum absolute atomic E-state index is 0.0873. The summed E-state index contributed by atoms with van der Waals surface area (Å²) in [4.78, 5) is 25.2. The number of anilines is 1. The second kappa shape index (κ2) is 6.79. The van der Waals surface area contributed by atoms with Crippen LogP contribution in [0.2, 0.25) is 0 Å². The van der Waals surface area contributed by atoms with Gasteiger partial charge in [-0.05, 0) is 45.4 Å². The highest BCUT2D eigenvalue weighted by atomic mass is 16.5. The Balaban J connectivity index is 2.17. The van der Waals surface area contributed by atoms with Crippen molar-refractivity contribution in [2.24, 2.45) is 5.41 Å². The molecule has 1 heterocycles. The van der Waals surface area contributed by atoms with Crippen molar-refractivity contribution in [3.63, 3.8) is 0 Å². The summed E-state index contributed by atoms with van der Waals surface area (Å²) in [5.74, 6) is -0.439. The monoisotopic (exact) mass is 331 g/mol. The first-order chi connectivity index (χ1) is 11.2. The third kappa shape index (κ3) is 3.77. The van der Waals surface area contributed by atoms with Crippen LogP contribution in [0.4, 0.5) is 10.5 Å². The van der Waals surface area contributed by atoms with E-state index in [1.54, 1.807) is 25.1 Å². The molecule has 1 saturated heterocycles. The molecule has 2 N–H and O–H groups in total. The van der Waals surface area contributed by atoms with Gasteiger partial charge in [0.15, 0.2) is 0 Å². The van der Waals surface area contributed by atoms with Crippen molar-refractivity contribution < 1.29 is 19.4 Å². The third-order valence-electron chi connectivity index (χ3n) is 3.99. The molecule has 1 aliphatic heterocycles. The topological polar surface area (TPSA) is 103 Å². The molecule has 0 bridgehead atoms. The SMILES string of the molecule is CC(C)Oc1ccc(C#N)cc1NC(=O)N1CCC(C)(C(=O)O)C1. The molecular weight excluding hydrogens is 310 g/mol. The van der Waals surface area contributed by atoms with Crippen molar-refractivity contribution in [2.45, 2.75) is 33.3 Å². The second-order valence-electron chi connectivity index (χ2n) is 6.46. The molecule has 7 nitrogen and oxygen atoms in total. The average molecular weight is 331 g/mol. The van der Waals surface area contributed by atoms with E-state index in [1.807, 2.05) is 19.9 Å². The minimum atomic E-state index is -0.927. The van der Waals surface area contributed by atoms with Crippen molar-refractivity contribution in [3.8, 4) is 11.8 Å². The van der Waals surface area contributed by atoms with Crippen LogP contribution in [-0.4, -0.2) is 41.2 Å². The highest BCUT2D eigenvalue weighted by molar-refractivity contribution is 5.92. The minimum Gasteiger partial charge on any atom is -0.489 e. The van der Waals surface area contributed by atoms with Gasteiger partial charge in [0, 0.05) is 13.1 Å². The smallest absolute Gasteiger partial charge is 0.321 e. The van der Waals surface area contributed by atoms with Gasteiger partial charge in [0.2, 0.25) is 0 Å². The quantitative estimate of drug-likeness (QED) is 0.883. The number of hydrogen-bond acceptors (Lipinski definition) is 4. The van der Waals surface area contributed by atoms with Gasteiger partial charge in [-0.2, -0.15) is 5.26 Å². The molecular formula is C17H21N3O4. The molecule has 7 heteroatoms. The summed E-state index contributed by atoms with van der Waals surface area (Å²) in [6.45, 7) is 5.87. The predicted molar refractivity (Wildman–Crippen MR) is 87.9 cm³/mol. The van der Waals surface area contributed by atoms with Crippen molar-refractivity contribution in [1.29, 1.82) is 5.26 Å². The molecule has 0 radical (unpaired) electrons. The first kappa shape index (κ1) is 17.6. The molecule has 0 spiro atoms. The molecule has 2 amide bonds. The van der Waals surface area contributed by atoms with Gasteiger partial charge < -0.3 is 20.1 Å². The molecule has 0 saturated carbocycles. The van der Waals surface area contributed by atoms with E-state index in [4.69, 9.17) is 10.00 Å². The standard InChI is InChI=1S/C17H21N3O4/c1-11(2)24-14-5-4-12(9-18)8-13(14)19-16(23)20-7-6-17(3,10-20)15(21)22/h4-5,8,11H,6-7,10H2,1-3H3,(H,19,23)(H,21,22). The van der Waals surface area contributed by atoms with Crippen LogP contribution in [0.1, 0.15) is 32.8 Å². The lowest BCUT2D eigenvalue weighted by Gasteiger charge is -2.22. The number of aliphatic carboxylic acids is 1. The lowest BCUT2D eigenvalue weighted by Crippen LogP contribution is -2.37. The van der Waals surface area contributed by atoms with E-state index in [2.05, 4.69) is 5.32 Å². The number of ether oxygens (including phenoxy) is 1. The fraction of sp³-hybridized carbons (Fsp3) is 0.471. The van der Waals surface area contributed by atoms with Crippen molar-refractivity contribution in [1.82, 2.24) is 4.90 Å². The maximum absolute atomic E-state index is 12.4. The van der Waals surface area contributed by atoms with Gasteiger partial charge >= 0.3 is 12.0 Å². The fourth-order valence-corrected chi connectivity index (χ4v) is 2.56. The summed E-state index contributed by atoms with van der Waals surface area (Å²) in [6, 6.07) is 6.42. The Morgan fingerprint density at radius 2 is 2.17 bits per heavy atom. The third-order valence-corrected chi connectivity index (χ3v) is 3.99. The van der Waals surface area contributed by atoms with Crippen LogP contribution in [-0.2, 0) is 4.79 Å². The Morgan fingerprint density at radius 1 is 1.46 bits per heavy atom. The Kier molecular flexibility index (Phi) is 4.98. The van der Waals surface area contributed by atoms with Crippen LogP contribution in [0.25, 0.3) is 0 Å². The van der Waals surface area contributed by atoms with E-state index < -0.39 is 17.4 Å². The number of rotatable bonds is 4. The van der Waals surface area contributed by atoms with E-state index in [-0.39, 0.29) is 12.6 Å². The number of nitriles is 1. The molecule has 1 atom stereocenters. The van der Waals surface area contributed by atoms with E-state index in [0.717, 1.165) is 0 Å². The first-order valence-corrected chi connectivity index (χ1v) is 7.75. The lowest BCUT2D eigenvalue weighted by atomic mass is 9.90. The van der Waals surface area contributed by atoms with E-state index in [9.17, 15) is 14.7 Å². The number of amides is 2. The van der Waals surface area contributed by atoms with Crippen LogP contribution in [0.3, 0.4) is 0 Å². The molecule has 0 aromatic heterocycles. The number of carbonyl (C=O) groups is 2. The van der Waals surface area contributed by atoms with Crippen molar-refractivity contribution in [3.05, 3.63) is 23.8 Å². The molecule has 1 aromatic carbocycles. The Bertz CT molecular complexity index is 696. The summed E-state index contributed by atoms with van der Waals surface area (Å²) in [7, 11) is 0. The first-order valence-electron chi connectivity index (χ1n) is 7.75. The Morgan fingerprint density at radius 3 is 2.71 bits per heavy atom. The molecule has 128 valence electrons. The fourth-order valence-electron chi connectivity index (χ4n) is 2.56. The van der Waals surface area contributed by atoms with Gasteiger partial charge in [-0.1, -0.05) is 0 Å². The van der Waals surface area contributed by atoms with Gasteiger partial charge in [-0.15, -0.1) is 0 Å². The summed E-state index contributed by atoms with van der Waals surface area (Å²) in [5.41, 5.74) is -0.127. The van der Waals surface area contributed by atoms with Gasteiger partial charge in [0.1, 0.15) is 5.75 Å². The molecule has 1 fully saturated rings. The summed E-state index contributed by atoms with van der Waals surface area (Å²) < 4.78 is 5.65. The normalized spacial score (nSPS) is 19.9. The van der Waals surface area contributed by atoms with Crippen LogP contribution < -0.4 is 10.1 Å². The molecule has 0 aliphatic carbocycles. The summed E-state index contributed by atoms with van der Waals surface area (Å²) in [5, 5.41) is 21.0. The van der Waals surface area contributed by atoms with Crippen LogP contribution in [0.15, 0.2) is 18.2 Å². The van der Waals surface area contributed by atoms with Crippen molar-refractivity contribution in [2.75, 3.05) is 18.4 Å².